The van der Waals surface area contributed by atoms with Gasteiger partial charge in [0.1, 0.15) is 0 Å². The Morgan fingerprint density at radius 1 is 1.13 bits per heavy atom. The fourth-order valence-corrected chi connectivity index (χ4v) is 4.48. The zero-order chi connectivity index (χ0) is 21.4. The number of carbonyl (C=O) groups excluding carboxylic acids is 1. The van der Waals surface area contributed by atoms with Gasteiger partial charge in [-0.3, -0.25) is 14.2 Å². The molecule has 3 heterocycles. The lowest BCUT2D eigenvalue weighted by Gasteiger charge is -2.35. The minimum Gasteiger partial charge on any atom is -0.395 e. The molecule has 0 saturated carbocycles. The number of carbonyl (C=O) groups is 1. The summed E-state index contributed by atoms with van der Waals surface area (Å²) >= 11 is 0. The van der Waals surface area contributed by atoms with Crippen molar-refractivity contribution in [2.75, 3.05) is 37.7 Å². The third-order valence-corrected chi connectivity index (χ3v) is 6.24. The third-order valence-electron chi connectivity index (χ3n) is 6.24. The molecular formula is C22H25N5O4. The van der Waals surface area contributed by atoms with Crippen molar-refractivity contribution in [2.24, 2.45) is 0 Å². The average molecular weight is 423 g/mol. The molecule has 5 rings (SSSR count). The molecule has 1 aliphatic carbocycles. The zero-order valence-electron chi connectivity index (χ0n) is 17.3. The number of hydrogen-bond acceptors (Lipinski definition) is 7. The average Bonchev–Trinajstić information content (AvgIpc) is 3.25. The Bertz CT molecular complexity index is 1180. The smallest absolute Gasteiger partial charge is 0.292 e. The van der Waals surface area contributed by atoms with Crippen LogP contribution in [0.2, 0.25) is 0 Å². The number of aromatic nitrogens is 3. The SMILES string of the molecule is O=C(c1onc2c1CCCC2)N1CCN(c2ccc3c(=O)n(CCO)cnc3c2)CC1. The van der Waals surface area contributed by atoms with E-state index < -0.39 is 0 Å². The number of aryl methyl sites for hydroxylation is 1. The highest BCUT2D eigenvalue weighted by Gasteiger charge is 2.30. The van der Waals surface area contributed by atoms with E-state index in [1.165, 1.54) is 10.9 Å². The van der Waals surface area contributed by atoms with Gasteiger partial charge in [-0.2, -0.15) is 0 Å². The van der Waals surface area contributed by atoms with E-state index in [0.717, 1.165) is 42.6 Å². The van der Waals surface area contributed by atoms with Crippen LogP contribution in [0.15, 0.2) is 33.8 Å². The van der Waals surface area contributed by atoms with Gasteiger partial charge in [0.05, 0.1) is 36.1 Å². The maximum absolute atomic E-state index is 13.0. The predicted octanol–water partition coefficient (Wildman–Crippen LogP) is 1.22. The van der Waals surface area contributed by atoms with E-state index in [1.807, 2.05) is 17.0 Å². The Kier molecular flexibility index (Phi) is 5.19. The van der Waals surface area contributed by atoms with E-state index in [4.69, 9.17) is 9.63 Å². The van der Waals surface area contributed by atoms with Gasteiger partial charge < -0.3 is 19.4 Å². The third kappa shape index (κ3) is 3.59. The van der Waals surface area contributed by atoms with Crippen LogP contribution in [0, 0.1) is 0 Å². The summed E-state index contributed by atoms with van der Waals surface area (Å²) in [4.78, 5) is 33.9. The largest absolute Gasteiger partial charge is 0.395 e. The monoisotopic (exact) mass is 423 g/mol. The molecule has 0 bridgehead atoms. The lowest BCUT2D eigenvalue weighted by atomic mass is 9.96. The Morgan fingerprint density at radius 3 is 2.74 bits per heavy atom. The second-order valence-corrected chi connectivity index (χ2v) is 8.09. The lowest BCUT2D eigenvalue weighted by molar-refractivity contribution is 0.0703. The van der Waals surface area contributed by atoms with Crippen LogP contribution < -0.4 is 10.5 Å². The Hall–Kier alpha value is -3.20. The van der Waals surface area contributed by atoms with Crippen molar-refractivity contribution in [3.8, 4) is 0 Å². The maximum atomic E-state index is 13.0. The van der Waals surface area contributed by atoms with Crippen LogP contribution in [0.3, 0.4) is 0 Å². The highest BCUT2D eigenvalue weighted by Crippen LogP contribution is 2.26. The number of anilines is 1. The molecule has 2 aliphatic rings. The molecule has 9 nitrogen and oxygen atoms in total. The van der Waals surface area contributed by atoms with Crippen LogP contribution in [0.5, 0.6) is 0 Å². The highest BCUT2D eigenvalue weighted by molar-refractivity contribution is 5.93. The van der Waals surface area contributed by atoms with Gasteiger partial charge in [0.2, 0.25) is 5.76 Å². The first-order valence-corrected chi connectivity index (χ1v) is 10.8. The molecule has 162 valence electrons. The number of rotatable bonds is 4. The quantitative estimate of drug-likeness (QED) is 0.673. The fourth-order valence-electron chi connectivity index (χ4n) is 4.48. The van der Waals surface area contributed by atoms with Crippen molar-refractivity contribution in [1.82, 2.24) is 19.6 Å². The van der Waals surface area contributed by atoms with Gasteiger partial charge in [0.25, 0.3) is 11.5 Å². The molecule has 3 aromatic rings. The fraction of sp³-hybridized carbons (Fsp3) is 0.455. The van der Waals surface area contributed by atoms with Crippen molar-refractivity contribution in [3.05, 3.63) is 51.9 Å². The number of fused-ring (bicyclic) bond motifs is 2. The molecule has 1 fully saturated rings. The van der Waals surface area contributed by atoms with E-state index in [1.54, 1.807) is 6.07 Å². The number of benzene rings is 1. The van der Waals surface area contributed by atoms with Crippen LogP contribution in [-0.4, -0.2) is 63.4 Å². The van der Waals surface area contributed by atoms with Gasteiger partial charge >= 0.3 is 0 Å². The summed E-state index contributed by atoms with van der Waals surface area (Å²) in [6.45, 7) is 2.69. The van der Waals surface area contributed by atoms with Crippen LogP contribution in [0.4, 0.5) is 5.69 Å². The van der Waals surface area contributed by atoms with Crippen molar-refractivity contribution in [2.45, 2.75) is 32.2 Å². The molecule has 2 aromatic heterocycles. The number of amides is 1. The second kappa shape index (κ2) is 8.14. The molecule has 0 atom stereocenters. The van der Waals surface area contributed by atoms with E-state index in [2.05, 4.69) is 15.0 Å². The van der Waals surface area contributed by atoms with Gasteiger partial charge in [-0.1, -0.05) is 5.16 Å². The standard InChI is InChI=1S/C22H25N5O4/c28-12-11-27-14-23-19-13-15(5-6-17(19)21(27)29)25-7-9-26(10-8-25)22(30)20-16-3-1-2-4-18(16)24-31-20/h5-6,13-14,28H,1-4,7-12H2. The first-order chi connectivity index (χ1) is 15.2. The van der Waals surface area contributed by atoms with Crippen molar-refractivity contribution >= 4 is 22.5 Å². The number of aliphatic hydroxyl groups excluding tert-OH is 1. The number of hydrogen-bond donors (Lipinski definition) is 1. The molecule has 31 heavy (non-hydrogen) atoms. The summed E-state index contributed by atoms with van der Waals surface area (Å²) in [6.07, 6.45) is 5.40. The molecule has 1 aliphatic heterocycles. The summed E-state index contributed by atoms with van der Waals surface area (Å²) in [5, 5.41) is 13.7. The Labute approximate surface area is 178 Å². The Morgan fingerprint density at radius 2 is 1.94 bits per heavy atom. The molecular weight excluding hydrogens is 398 g/mol. The topological polar surface area (TPSA) is 105 Å². The van der Waals surface area contributed by atoms with Gasteiger partial charge in [0, 0.05) is 37.4 Å². The van der Waals surface area contributed by atoms with Crippen LogP contribution >= 0.6 is 0 Å². The molecule has 0 unspecified atom stereocenters. The molecule has 9 heteroatoms. The van der Waals surface area contributed by atoms with E-state index in [9.17, 15) is 9.59 Å². The van der Waals surface area contributed by atoms with E-state index >= 15 is 0 Å². The molecule has 1 N–H and O–H groups in total. The normalized spacial score (nSPS) is 16.5. The second-order valence-electron chi connectivity index (χ2n) is 8.09. The van der Waals surface area contributed by atoms with Gasteiger partial charge in [-0.15, -0.1) is 0 Å². The first-order valence-electron chi connectivity index (χ1n) is 10.8. The summed E-state index contributed by atoms with van der Waals surface area (Å²) in [5.74, 6) is 0.345. The summed E-state index contributed by atoms with van der Waals surface area (Å²) in [5.41, 5.74) is 3.38. The Balaban J connectivity index is 1.29. The molecule has 1 aromatic carbocycles. The van der Waals surface area contributed by atoms with Crippen LogP contribution in [-0.2, 0) is 19.4 Å². The van der Waals surface area contributed by atoms with Gasteiger partial charge in [0.15, 0.2) is 0 Å². The molecule has 0 spiro atoms. The van der Waals surface area contributed by atoms with Crippen LogP contribution in [0.25, 0.3) is 10.9 Å². The maximum Gasteiger partial charge on any atom is 0.292 e. The molecule has 1 saturated heterocycles. The summed E-state index contributed by atoms with van der Waals surface area (Å²) in [7, 11) is 0. The zero-order valence-corrected chi connectivity index (χ0v) is 17.3. The molecule has 1 amide bonds. The van der Waals surface area contributed by atoms with E-state index in [0.29, 0.717) is 42.8 Å². The molecule has 0 radical (unpaired) electrons. The van der Waals surface area contributed by atoms with Gasteiger partial charge in [-0.25, -0.2) is 4.98 Å². The number of nitrogens with zero attached hydrogens (tertiary/aromatic N) is 5. The van der Waals surface area contributed by atoms with Crippen molar-refractivity contribution in [1.29, 1.82) is 0 Å². The van der Waals surface area contributed by atoms with Crippen molar-refractivity contribution in [3.63, 3.8) is 0 Å². The lowest BCUT2D eigenvalue weighted by Crippen LogP contribution is -2.49. The van der Waals surface area contributed by atoms with E-state index in [-0.39, 0.29) is 24.6 Å². The van der Waals surface area contributed by atoms with Crippen LogP contribution in [0.1, 0.15) is 34.7 Å². The highest BCUT2D eigenvalue weighted by atomic mass is 16.5. The number of piperazine rings is 1. The summed E-state index contributed by atoms with van der Waals surface area (Å²) in [6, 6.07) is 5.61. The number of aliphatic hydroxyl groups is 1. The first kappa shape index (κ1) is 19.7. The predicted molar refractivity (Wildman–Crippen MR) is 114 cm³/mol. The van der Waals surface area contributed by atoms with Gasteiger partial charge in [-0.05, 0) is 43.9 Å². The van der Waals surface area contributed by atoms with Crippen molar-refractivity contribution < 1.29 is 14.4 Å². The minimum atomic E-state index is -0.156. The minimum absolute atomic E-state index is 0.0695. The summed E-state index contributed by atoms with van der Waals surface area (Å²) < 4.78 is 6.83.